The lowest BCUT2D eigenvalue weighted by atomic mass is 10.2. The number of rotatable bonds is 7. The molecule has 0 spiro atoms. The second kappa shape index (κ2) is 11.5. The number of hydrogen-bond donors (Lipinski definition) is 1. The Morgan fingerprint density at radius 1 is 1.00 bits per heavy atom. The molecule has 0 saturated carbocycles. The van der Waals surface area contributed by atoms with Crippen molar-refractivity contribution in [1.29, 1.82) is 0 Å². The molecule has 1 aromatic heterocycles. The first kappa shape index (κ1) is 30.0. The van der Waals surface area contributed by atoms with Crippen molar-refractivity contribution in [2.24, 2.45) is 4.40 Å². The smallest absolute Gasteiger partial charge is 0.330 e. The lowest BCUT2D eigenvalue weighted by Crippen LogP contribution is -2.68. The highest BCUT2D eigenvalue weighted by atomic mass is 32.2. The molecule has 3 aromatic rings. The average Bonchev–Trinajstić information content (AvgIpc) is 3.29. The van der Waals surface area contributed by atoms with Crippen LogP contribution in [0, 0.1) is 6.92 Å². The predicted molar refractivity (Wildman–Crippen MR) is 163 cm³/mol. The molecule has 0 bridgehead atoms. The fourth-order valence-corrected chi connectivity index (χ4v) is 10.3. The first-order valence-corrected chi connectivity index (χ1v) is 16.5. The Morgan fingerprint density at radius 2 is 1.55 bits per heavy atom. The van der Waals surface area contributed by atoms with Crippen LogP contribution in [0.4, 0.5) is 0 Å². The molecule has 2 aromatic carbocycles. The summed E-state index contributed by atoms with van der Waals surface area (Å²) in [5.41, 5.74) is -0.586. The van der Waals surface area contributed by atoms with Gasteiger partial charge in [-0.25, -0.2) is 9.00 Å². The molecule has 1 N–H and O–H groups in total. The molecule has 40 heavy (non-hydrogen) atoms. The van der Waals surface area contributed by atoms with Crippen molar-refractivity contribution < 1.29 is 13.4 Å². The number of ether oxygens (including phenoxy) is 1. The SMILES string of the molecule is Cc1cn([C@H]2C[C@H](O[Si](c3ccccc3)(c3ccccc3)C(C)(C)C)[C@@H](/C=N/[S@@](=O)C(C)(C)C)O2)c(=O)[nH]c1=O. The zero-order valence-corrected chi connectivity index (χ0v) is 26.0. The lowest BCUT2D eigenvalue weighted by molar-refractivity contribution is 0.0188. The van der Waals surface area contributed by atoms with E-state index in [0.717, 1.165) is 10.4 Å². The summed E-state index contributed by atoms with van der Waals surface area (Å²) in [6.45, 7) is 13.8. The molecule has 10 heteroatoms. The van der Waals surface area contributed by atoms with Crippen LogP contribution in [0.3, 0.4) is 0 Å². The Bertz CT molecular complexity index is 1450. The highest BCUT2D eigenvalue weighted by molar-refractivity contribution is 7.85. The van der Waals surface area contributed by atoms with E-state index in [4.69, 9.17) is 9.16 Å². The van der Waals surface area contributed by atoms with Crippen LogP contribution >= 0.6 is 0 Å². The molecule has 2 heterocycles. The highest BCUT2D eigenvalue weighted by Gasteiger charge is 2.53. The molecule has 0 unspecified atom stereocenters. The topological polar surface area (TPSA) is 103 Å². The van der Waals surface area contributed by atoms with Gasteiger partial charge >= 0.3 is 5.69 Å². The van der Waals surface area contributed by atoms with Gasteiger partial charge in [-0.1, -0.05) is 81.4 Å². The van der Waals surface area contributed by atoms with Gasteiger partial charge in [0.25, 0.3) is 13.9 Å². The minimum Gasteiger partial charge on any atom is -0.401 e. The van der Waals surface area contributed by atoms with Crippen molar-refractivity contribution >= 4 is 35.9 Å². The van der Waals surface area contributed by atoms with Gasteiger partial charge in [0.15, 0.2) is 0 Å². The number of H-pyrrole nitrogens is 1. The van der Waals surface area contributed by atoms with Gasteiger partial charge in [-0.3, -0.25) is 14.3 Å². The molecule has 1 saturated heterocycles. The lowest BCUT2D eigenvalue weighted by Gasteiger charge is -2.45. The molecule has 214 valence electrons. The van der Waals surface area contributed by atoms with Gasteiger partial charge in [-0.15, -0.1) is 0 Å². The van der Waals surface area contributed by atoms with Crippen LogP contribution in [0.25, 0.3) is 0 Å². The van der Waals surface area contributed by atoms with E-state index in [-0.39, 0.29) is 5.04 Å². The Labute approximate surface area is 239 Å². The molecule has 0 aliphatic carbocycles. The van der Waals surface area contributed by atoms with E-state index in [0.29, 0.717) is 12.0 Å². The Hall–Kier alpha value is -2.92. The molecule has 1 aliphatic heterocycles. The van der Waals surface area contributed by atoms with Crippen LogP contribution in [0.2, 0.25) is 5.04 Å². The number of aryl methyl sites for hydroxylation is 1. The molecule has 0 amide bonds. The summed E-state index contributed by atoms with van der Waals surface area (Å²) in [5, 5.41) is 1.95. The number of aromatic amines is 1. The third-order valence-corrected chi connectivity index (χ3v) is 13.6. The van der Waals surface area contributed by atoms with Crippen molar-refractivity contribution in [2.75, 3.05) is 0 Å². The monoisotopic (exact) mass is 581 g/mol. The normalized spacial score (nSPS) is 21.1. The van der Waals surface area contributed by atoms with Gasteiger partial charge in [-0.05, 0) is 43.1 Å². The maximum Gasteiger partial charge on any atom is 0.330 e. The summed E-state index contributed by atoms with van der Waals surface area (Å²) in [6.07, 6.45) is 1.54. The second-order valence-electron chi connectivity index (χ2n) is 12.2. The Kier molecular flexibility index (Phi) is 8.65. The zero-order chi connectivity index (χ0) is 29.3. The standard InChI is InChI=1S/C30H39N3O5SSi/c1-21-20-33(28(35)32-27(21)34)26-18-24(25(37-26)19-31-39(36)29(2,3)4)38-40(30(5,6)7,22-14-10-8-11-15-22)23-16-12-9-13-17-23/h8-17,19-20,24-26H,18H2,1-7H3,(H,32,34,35)/b31-19+/t24-,25+,26+,39-/m0/s1. The average molecular weight is 582 g/mol. The highest BCUT2D eigenvalue weighted by Crippen LogP contribution is 2.41. The van der Waals surface area contributed by atoms with Crippen LogP contribution in [-0.2, 0) is 20.1 Å². The molecule has 4 atom stereocenters. The van der Waals surface area contributed by atoms with E-state index in [1.54, 1.807) is 13.1 Å². The van der Waals surface area contributed by atoms with Crippen molar-refractivity contribution in [3.8, 4) is 0 Å². The van der Waals surface area contributed by atoms with Crippen LogP contribution in [0.1, 0.15) is 59.8 Å². The van der Waals surface area contributed by atoms with Gasteiger partial charge < -0.3 is 9.16 Å². The zero-order valence-electron chi connectivity index (χ0n) is 24.2. The molecular weight excluding hydrogens is 542 g/mol. The van der Waals surface area contributed by atoms with Gasteiger partial charge in [0.1, 0.15) is 23.3 Å². The summed E-state index contributed by atoms with van der Waals surface area (Å²) in [4.78, 5) is 27.2. The minimum absolute atomic E-state index is 0.283. The quantitative estimate of drug-likeness (QED) is 0.339. The van der Waals surface area contributed by atoms with Gasteiger partial charge in [0.05, 0.1) is 10.9 Å². The Balaban J connectivity index is 1.85. The van der Waals surface area contributed by atoms with Crippen LogP contribution in [0.5, 0.6) is 0 Å². The first-order chi connectivity index (χ1) is 18.7. The third kappa shape index (κ3) is 6.05. The molecule has 0 radical (unpaired) electrons. The molecule has 4 rings (SSSR count). The number of benzene rings is 2. The predicted octanol–water partition coefficient (Wildman–Crippen LogP) is 3.61. The number of hydrogen-bond acceptors (Lipinski definition) is 5. The van der Waals surface area contributed by atoms with E-state index in [1.165, 1.54) is 10.8 Å². The summed E-state index contributed by atoms with van der Waals surface area (Å²) in [5.74, 6) is 0. The van der Waals surface area contributed by atoms with E-state index >= 15 is 0 Å². The second-order valence-corrected chi connectivity index (χ2v) is 18.4. The number of aromatic nitrogens is 2. The van der Waals surface area contributed by atoms with Gasteiger partial charge in [0, 0.05) is 24.4 Å². The first-order valence-electron chi connectivity index (χ1n) is 13.5. The largest absolute Gasteiger partial charge is 0.401 e. The van der Waals surface area contributed by atoms with Crippen molar-refractivity contribution in [2.45, 2.75) is 83.1 Å². The van der Waals surface area contributed by atoms with Gasteiger partial charge in [-0.2, -0.15) is 4.40 Å². The van der Waals surface area contributed by atoms with Crippen molar-refractivity contribution in [3.05, 3.63) is 93.3 Å². The Morgan fingerprint density at radius 3 is 2.05 bits per heavy atom. The van der Waals surface area contributed by atoms with Crippen molar-refractivity contribution in [3.63, 3.8) is 0 Å². The fourth-order valence-electron chi connectivity index (χ4n) is 5.07. The summed E-state index contributed by atoms with van der Waals surface area (Å²) < 4.78 is 31.8. The van der Waals surface area contributed by atoms with Crippen molar-refractivity contribution in [1.82, 2.24) is 9.55 Å². The maximum atomic E-state index is 12.8. The summed E-state index contributed by atoms with van der Waals surface area (Å²) in [6, 6.07) is 20.6. The van der Waals surface area contributed by atoms with E-state index < -0.39 is 53.7 Å². The fraction of sp³-hybridized carbons (Fsp3) is 0.433. The van der Waals surface area contributed by atoms with Crippen LogP contribution < -0.4 is 21.6 Å². The molecule has 1 aliphatic rings. The number of nitrogens with zero attached hydrogens (tertiary/aromatic N) is 2. The number of nitrogens with one attached hydrogen (secondary N) is 1. The van der Waals surface area contributed by atoms with Gasteiger partial charge in [0.2, 0.25) is 0 Å². The van der Waals surface area contributed by atoms with E-state index in [2.05, 4.69) is 54.4 Å². The third-order valence-electron chi connectivity index (χ3n) is 7.14. The van der Waals surface area contributed by atoms with Crippen LogP contribution in [0.15, 0.2) is 80.8 Å². The van der Waals surface area contributed by atoms with E-state index in [1.807, 2.05) is 57.2 Å². The van der Waals surface area contributed by atoms with Crippen LogP contribution in [-0.4, -0.2) is 45.2 Å². The summed E-state index contributed by atoms with van der Waals surface area (Å²) in [7, 11) is -4.47. The molecule has 8 nitrogen and oxygen atoms in total. The minimum atomic E-state index is -2.98. The summed E-state index contributed by atoms with van der Waals surface area (Å²) >= 11 is 0. The molecular formula is C30H39N3O5SSi. The maximum absolute atomic E-state index is 12.8. The molecule has 1 fully saturated rings. The van der Waals surface area contributed by atoms with E-state index in [9.17, 15) is 13.8 Å².